The van der Waals surface area contributed by atoms with E-state index >= 15 is 0 Å². The molecule has 5 aliphatic rings. The van der Waals surface area contributed by atoms with E-state index in [9.17, 15) is 9.59 Å². The first-order chi connectivity index (χ1) is 14.9. The Balaban J connectivity index is 1.23. The summed E-state index contributed by atoms with van der Waals surface area (Å²) in [5, 5.41) is 5.57. The van der Waals surface area contributed by atoms with Gasteiger partial charge in [-0.15, -0.1) is 0 Å². The van der Waals surface area contributed by atoms with Crippen LogP contribution in [0.5, 0.6) is 0 Å². The van der Waals surface area contributed by atoms with E-state index in [1.807, 2.05) is 18.2 Å². The second-order valence-electron chi connectivity index (χ2n) is 10.7. The zero-order valence-corrected chi connectivity index (χ0v) is 18.8. The van der Waals surface area contributed by atoms with Crippen molar-refractivity contribution in [3.8, 4) is 0 Å². The molecule has 31 heavy (non-hydrogen) atoms. The zero-order valence-electron chi connectivity index (χ0n) is 18.8. The van der Waals surface area contributed by atoms with Crippen molar-refractivity contribution in [1.29, 1.82) is 0 Å². The van der Waals surface area contributed by atoms with E-state index in [0.29, 0.717) is 11.8 Å². The van der Waals surface area contributed by atoms with Crippen molar-refractivity contribution in [1.82, 2.24) is 15.5 Å². The summed E-state index contributed by atoms with van der Waals surface area (Å²) in [6.45, 7) is 7.93. The molecule has 0 spiro atoms. The van der Waals surface area contributed by atoms with Gasteiger partial charge < -0.3 is 5.32 Å². The average Bonchev–Trinajstić information content (AvgIpc) is 3.07. The van der Waals surface area contributed by atoms with Crippen LogP contribution in [-0.4, -0.2) is 42.0 Å². The van der Waals surface area contributed by atoms with Crippen molar-refractivity contribution >= 4 is 11.9 Å². The SMILES string of the molecule is CC1(C)[C@H]2CC=C(CN3CCC([C@@]4(CCc5ccccc5)NC(=O)NC4=O)CC3)[C@@H]1C2. The lowest BCUT2D eigenvalue weighted by Gasteiger charge is -2.57. The molecule has 3 aliphatic carbocycles. The number of piperidine rings is 1. The summed E-state index contributed by atoms with van der Waals surface area (Å²) in [6, 6.07) is 9.91. The number of hydrogen-bond acceptors (Lipinski definition) is 3. The average molecular weight is 422 g/mol. The monoisotopic (exact) mass is 421 g/mol. The predicted octanol–water partition coefficient (Wildman–Crippen LogP) is 3.90. The van der Waals surface area contributed by atoms with E-state index in [4.69, 9.17) is 0 Å². The number of nitrogens with zero attached hydrogens (tertiary/aromatic N) is 1. The smallest absolute Gasteiger partial charge is 0.322 e. The molecule has 3 amide bonds. The van der Waals surface area contributed by atoms with Gasteiger partial charge in [0.2, 0.25) is 0 Å². The van der Waals surface area contributed by atoms with Crippen LogP contribution in [0.25, 0.3) is 0 Å². The number of allylic oxidation sites excluding steroid dienone is 1. The molecule has 166 valence electrons. The Hall–Kier alpha value is -2.14. The van der Waals surface area contributed by atoms with Gasteiger partial charge in [-0.1, -0.05) is 55.8 Å². The van der Waals surface area contributed by atoms with E-state index < -0.39 is 5.54 Å². The largest absolute Gasteiger partial charge is 0.323 e. The van der Waals surface area contributed by atoms with Gasteiger partial charge in [0.15, 0.2) is 0 Å². The molecule has 3 atom stereocenters. The van der Waals surface area contributed by atoms with Crippen LogP contribution in [-0.2, 0) is 11.2 Å². The van der Waals surface area contributed by atoms with E-state index in [0.717, 1.165) is 50.7 Å². The minimum Gasteiger partial charge on any atom is -0.323 e. The highest BCUT2D eigenvalue weighted by Crippen LogP contribution is 2.59. The summed E-state index contributed by atoms with van der Waals surface area (Å²) in [7, 11) is 0. The predicted molar refractivity (Wildman–Crippen MR) is 121 cm³/mol. The van der Waals surface area contributed by atoms with Gasteiger partial charge in [-0.25, -0.2) is 4.79 Å². The number of aryl methyl sites for hydroxylation is 1. The number of fused-ring (bicyclic) bond motifs is 1. The quantitative estimate of drug-likeness (QED) is 0.541. The Morgan fingerprint density at radius 3 is 2.42 bits per heavy atom. The summed E-state index contributed by atoms with van der Waals surface area (Å²) in [5.74, 6) is 1.68. The Labute approximate surface area is 185 Å². The molecular formula is C26H35N3O2. The first-order valence-electron chi connectivity index (χ1n) is 12.0. The van der Waals surface area contributed by atoms with Crippen LogP contribution < -0.4 is 10.6 Å². The fraction of sp³-hybridized carbons (Fsp3) is 0.615. The molecule has 1 aromatic carbocycles. The van der Waals surface area contributed by atoms with Crippen molar-refractivity contribution in [3.63, 3.8) is 0 Å². The molecular weight excluding hydrogens is 386 g/mol. The summed E-state index contributed by atoms with van der Waals surface area (Å²) < 4.78 is 0. The van der Waals surface area contributed by atoms with Crippen molar-refractivity contribution in [2.45, 2.75) is 57.9 Å². The van der Waals surface area contributed by atoms with Gasteiger partial charge in [-0.2, -0.15) is 0 Å². The highest BCUT2D eigenvalue weighted by molar-refractivity contribution is 6.07. The summed E-state index contributed by atoms with van der Waals surface area (Å²) in [4.78, 5) is 27.6. The van der Waals surface area contributed by atoms with E-state index in [1.165, 1.54) is 18.4 Å². The molecule has 2 bridgehead atoms. The lowest BCUT2D eigenvalue weighted by molar-refractivity contribution is -0.127. The third-order valence-corrected chi connectivity index (χ3v) is 8.89. The molecule has 2 heterocycles. The number of rotatable bonds is 6. The molecule has 0 radical (unpaired) electrons. The number of carbonyl (C=O) groups excluding carboxylic acids is 2. The third-order valence-electron chi connectivity index (χ3n) is 8.89. The van der Waals surface area contributed by atoms with Crippen LogP contribution in [0.15, 0.2) is 42.0 Å². The molecule has 2 aliphatic heterocycles. The van der Waals surface area contributed by atoms with Gasteiger partial charge in [-0.05, 0) is 80.3 Å². The maximum Gasteiger partial charge on any atom is 0.322 e. The number of nitrogens with one attached hydrogen (secondary N) is 2. The molecule has 1 aromatic rings. The highest BCUT2D eigenvalue weighted by atomic mass is 16.2. The Bertz CT molecular complexity index is 885. The second kappa shape index (κ2) is 7.77. The lowest BCUT2D eigenvalue weighted by Crippen LogP contribution is -2.56. The number of urea groups is 1. The van der Waals surface area contributed by atoms with E-state index in [2.05, 4.69) is 47.6 Å². The van der Waals surface area contributed by atoms with Gasteiger partial charge in [0.25, 0.3) is 5.91 Å². The Kier molecular flexibility index (Phi) is 5.20. The number of carbonyl (C=O) groups is 2. The highest BCUT2D eigenvalue weighted by Gasteiger charge is 2.53. The first-order valence-corrected chi connectivity index (χ1v) is 12.0. The molecule has 3 fully saturated rings. The number of imide groups is 1. The van der Waals surface area contributed by atoms with E-state index in [-0.39, 0.29) is 17.9 Å². The van der Waals surface area contributed by atoms with Crippen LogP contribution in [0.2, 0.25) is 0 Å². The van der Waals surface area contributed by atoms with Crippen molar-refractivity contribution in [3.05, 3.63) is 47.5 Å². The first kappa shape index (κ1) is 20.7. The van der Waals surface area contributed by atoms with Crippen LogP contribution in [0.1, 0.15) is 51.5 Å². The Morgan fingerprint density at radius 2 is 1.81 bits per heavy atom. The van der Waals surface area contributed by atoms with Crippen molar-refractivity contribution < 1.29 is 9.59 Å². The van der Waals surface area contributed by atoms with Gasteiger partial charge in [0.05, 0.1) is 0 Å². The molecule has 6 rings (SSSR count). The molecule has 2 N–H and O–H groups in total. The van der Waals surface area contributed by atoms with Gasteiger partial charge in [-0.3, -0.25) is 15.0 Å². The third kappa shape index (κ3) is 3.61. The van der Waals surface area contributed by atoms with Crippen LogP contribution in [0.3, 0.4) is 0 Å². The normalized spacial score (nSPS) is 32.8. The van der Waals surface area contributed by atoms with E-state index in [1.54, 1.807) is 5.57 Å². The molecule has 0 aromatic heterocycles. The number of amides is 3. The summed E-state index contributed by atoms with van der Waals surface area (Å²) >= 11 is 0. The number of likely N-dealkylation sites (tertiary alicyclic amines) is 1. The topological polar surface area (TPSA) is 61.4 Å². The number of benzene rings is 1. The fourth-order valence-electron chi connectivity index (χ4n) is 6.66. The molecule has 2 saturated heterocycles. The van der Waals surface area contributed by atoms with Crippen molar-refractivity contribution in [2.24, 2.45) is 23.2 Å². The molecule has 5 nitrogen and oxygen atoms in total. The Morgan fingerprint density at radius 1 is 1.06 bits per heavy atom. The maximum absolute atomic E-state index is 12.9. The molecule has 1 saturated carbocycles. The second-order valence-corrected chi connectivity index (χ2v) is 10.7. The number of hydrogen-bond donors (Lipinski definition) is 2. The fourth-order valence-corrected chi connectivity index (χ4v) is 6.66. The van der Waals surface area contributed by atoms with Crippen LogP contribution in [0, 0.1) is 23.2 Å². The molecule has 5 heteroatoms. The standard InChI is InChI=1S/C26H35N3O2/c1-25(2)21-9-8-19(22(25)16-21)17-29-14-11-20(12-15-29)26(23(30)27-24(31)28-26)13-10-18-6-4-3-5-7-18/h3-8,20-22H,9-17H2,1-2H3,(H2,27,28,30,31)/t21-,22-,26+/m0/s1. The summed E-state index contributed by atoms with van der Waals surface area (Å²) in [6.07, 6.45) is 8.46. The van der Waals surface area contributed by atoms with Gasteiger partial charge >= 0.3 is 6.03 Å². The summed E-state index contributed by atoms with van der Waals surface area (Å²) in [5.41, 5.74) is 2.54. The van der Waals surface area contributed by atoms with Gasteiger partial charge in [0, 0.05) is 6.54 Å². The van der Waals surface area contributed by atoms with Crippen LogP contribution in [0.4, 0.5) is 4.79 Å². The minimum atomic E-state index is -0.772. The zero-order chi connectivity index (χ0) is 21.6. The maximum atomic E-state index is 12.9. The van der Waals surface area contributed by atoms with Gasteiger partial charge in [0.1, 0.15) is 5.54 Å². The van der Waals surface area contributed by atoms with Crippen molar-refractivity contribution in [2.75, 3.05) is 19.6 Å². The lowest BCUT2D eigenvalue weighted by atomic mass is 9.49. The van der Waals surface area contributed by atoms with Crippen LogP contribution >= 0.6 is 0 Å². The minimum absolute atomic E-state index is 0.135. The molecule has 0 unspecified atom stereocenters.